The second kappa shape index (κ2) is 9.34. The summed E-state index contributed by atoms with van der Waals surface area (Å²) in [5.74, 6) is -0.747. The fourth-order valence-corrected chi connectivity index (χ4v) is 4.35. The Hall–Kier alpha value is -3.98. The molecule has 0 fully saturated rings. The molecule has 1 N–H and O–H groups in total. The maximum atomic E-state index is 14.4. The highest BCUT2D eigenvalue weighted by molar-refractivity contribution is 7.80. The fourth-order valence-electron chi connectivity index (χ4n) is 4.03. The van der Waals surface area contributed by atoms with Gasteiger partial charge in [0, 0.05) is 16.8 Å². The molecule has 0 amide bonds. The predicted molar refractivity (Wildman–Crippen MR) is 129 cm³/mol. The molecule has 35 heavy (non-hydrogen) atoms. The predicted octanol–water partition coefficient (Wildman–Crippen LogP) is 6.02. The van der Waals surface area contributed by atoms with E-state index in [0.717, 1.165) is 5.56 Å². The minimum atomic E-state index is -0.527. The summed E-state index contributed by atoms with van der Waals surface area (Å²) in [4.78, 5) is 6.26. The van der Waals surface area contributed by atoms with Crippen LogP contribution in [0.15, 0.2) is 83.0 Å². The number of benzene rings is 3. The lowest BCUT2D eigenvalue weighted by Crippen LogP contribution is -2.45. The van der Waals surface area contributed by atoms with Gasteiger partial charge in [-0.25, -0.2) is 13.2 Å². The first kappa shape index (κ1) is 22.8. The van der Waals surface area contributed by atoms with Crippen LogP contribution in [0.25, 0.3) is 17.0 Å². The van der Waals surface area contributed by atoms with Crippen LogP contribution in [0.1, 0.15) is 30.0 Å². The molecule has 1 aliphatic heterocycles. The van der Waals surface area contributed by atoms with Crippen LogP contribution in [0, 0.1) is 17.5 Å². The third-order valence-electron chi connectivity index (χ3n) is 5.83. The van der Waals surface area contributed by atoms with Crippen molar-refractivity contribution < 1.29 is 17.7 Å². The average Bonchev–Trinajstić information content (AvgIpc) is 3.33. The van der Waals surface area contributed by atoms with Gasteiger partial charge in [0.05, 0.1) is 18.2 Å². The van der Waals surface area contributed by atoms with Gasteiger partial charge in [-0.05, 0) is 55.0 Å². The quantitative estimate of drug-likeness (QED) is 0.344. The molecule has 0 bridgehead atoms. The van der Waals surface area contributed by atoms with Crippen molar-refractivity contribution in [1.29, 1.82) is 0 Å². The lowest BCUT2D eigenvalue weighted by atomic mass is 9.94. The van der Waals surface area contributed by atoms with E-state index in [2.05, 4.69) is 15.5 Å². The monoisotopic (exact) mass is 492 g/mol. The molecule has 3 aromatic carbocycles. The standard InChI is InChI=1S/C26H19F3N4OS/c1-15-22(25-31-24(32-34-25)17-6-4-7-20(28)13-17)23(16-9-11-19(27)12-10-16)30-26(35)33(15)14-18-5-2-3-8-21(18)29/h2-13,23H,14H2,1H3,(H,30,35). The van der Waals surface area contributed by atoms with Gasteiger partial charge in [-0.1, -0.05) is 47.6 Å². The number of nitrogens with zero attached hydrogens (tertiary/aromatic N) is 3. The lowest BCUT2D eigenvalue weighted by Gasteiger charge is -2.37. The van der Waals surface area contributed by atoms with E-state index in [-0.39, 0.29) is 29.9 Å². The molecular weight excluding hydrogens is 473 g/mol. The first-order chi connectivity index (χ1) is 16.9. The number of halogens is 3. The minimum absolute atomic E-state index is 0.175. The van der Waals surface area contributed by atoms with Crippen LogP contribution < -0.4 is 5.32 Å². The van der Waals surface area contributed by atoms with E-state index in [1.165, 1.54) is 30.3 Å². The smallest absolute Gasteiger partial charge is 0.258 e. The topological polar surface area (TPSA) is 54.2 Å². The Bertz CT molecular complexity index is 1430. The molecule has 1 atom stereocenters. The number of nitrogens with one attached hydrogen (secondary N) is 1. The van der Waals surface area contributed by atoms with Crippen LogP contribution in [0.2, 0.25) is 0 Å². The van der Waals surface area contributed by atoms with Crippen LogP contribution in [0.4, 0.5) is 13.2 Å². The summed E-state index contributed by atoms with van der Waals surface area (Å²) in [5, 5.41) is 7.65. The maximum absolute atomic E-state index is 14.4. The first-order valence-corrected chi connectivity index (χ1v) is 11.2. The Labute approximate surface area is 204 Å². The second-order valence-electron chi connectivity index (χ2n) is 8.04. The van der Waals surface area contributed by atoms with Crippen LogP contribution in [-0.2, 0) is 6.54 Å². The third-order valence-corrected chi connectivity index (χ3v) is 6.16. The zero-order valence-corrected chi connectivity index (χ0v) is 19.3. The van der Waals surface area contributed by atoms with E-state index in [1.54, 1.807) is 47.4 Å². The van der Waals surface area contributed by atoms with E-state index in [4.69, 9.17) is 16.7 Å². The van der Waals surface area contributed by atoms with Crippen molar-refractivity contribution in [2.24, 2.45) is 0 Å². The highest BCUT2D eigenvalue weighted by Crippen LogP contribution is 2.38. The van der Waals surface area contributed by atoms with E-state index < -0.39 is 11.9 Å². The highest BCUT2D eigenvalue weighted by atomic mass is 32.1. The molecule has 1 aromatic heterocycles. The minimum Gasteiger partial charge on any atom is -0.351 e. The number of rotatable bonds is 5. The third kappa shape index (κ3) is 4.54. The fraction of sp³-hybridized carbons (Fsp3) is 0.115. The molecule has 0 spiro atoms. The number of hydrogen-bond donors (Lipinski definition) is 1. The maximum Gasteiger partial charge on any atom is 0.258 e. The lowest BCUT2D eigenvalue weighted by molar-refractivity contribution is 0.395. The van der Waals surface area contributed by atoms with Crippen LogP contribution in [0.3, 0.4) is 0 Å². The summed E-state index contributed by atoms with van der Waals surface area (Å²) in [6.45, 7) is 2.00. The Morgan fingerprint density at radius 1 is 0.971 bits per heavy atom. The van der Waals surface area contributed by atoms with E-state index in [1.807, 2.05) is 6.92 Å². The zero-order valence-electron chi connectivity index (χ0n) is 18.5. The van der Waals surface area contributed by atoms with E-state index in [0.29, 0.717) is 27.5 Å². The Kier molecular flexibility index (Phi) is 6.08. The summed E-state index contributed by atoms with van der Waals surface area (Å²) < 4.78 is 47.4. The molecule has 176 valence electrons. The number of thiocarbonyl (C=S) groups is 1. The summed E-state index contributed by atoms with van der Waals surface area (Å²) in [6.07, 6.45) is 0. The molecule has 0 radical (unpaired) electrons. The van der Waals surface area contributed by atoms with Crippen LogP contribution in [-0.4, -0.2) is 20.2 Å². The van der Waals surface area contributed by atoms with Gasteiger partial charge in [0.1, 0.15) is 17.5 Å². The molecule has 0 aliphatic carbocycles. The van der Waals surface area contributed by atoms with Gasteiger partial charge in [0.15, 0.2) is 5.11 Å². The van der Waals surface area contributed by atoms with E-state index in [9.17, 15) is 13.2 Å². The van der Waals surface area contributed by atoms with Crippen molar-refractivity contribution in [3.63, 3.8) is 0 Å². The Balaban J connectivity index is 1.61. The first-order valence-electron chi connectivity index (χ1n) is 10.8. The van der Waals surface area contributed by atoms with Crippen molar-refractivity contribution in [2.45, 2.75) is 19.5 Å². The van der Waals surface area contributed by atoms with Gasteiger partial charge >= 0.3 is 0 Å². The van der Waals surface area contributed by atoms with Crippen LogP contribution in [0.5, 0.6) is 0 Å². The number of aromatic nitrogens is 2. The summed E-state index contributed by atoms with van der Waals surface area (Å²) in [5.41, 5.74) is 2.90. The van der Waals surface area contributed by atoms with Gasteiger partial charge in [-0.2, -0.15) is 4.98 Å². The van der Waals surface area contributed by atoms with Gasteiger partial charge in [0.2, 0.25) is 5.82 Å². The van der Waals surface area contributed by atoms with Crippen LogP contribution >= 0.6 is 12.2 Å². The number of hydrogen-bond acceptors (Lipinski definition) is 4. The molecule has 5 nitrogen and oxygen atoms in total. The van der Waals surface area contributed by atoms with Crippen molar-refractivity contribution in [3.8, 4) is 11.4 Å². The molecule has 1 aliphatic rings. The second-order valence-corrected chi connectivity index (χ2v) is 8.43. The van der Waals surface area contributed by atoms with Crippen molar-refractivity contribution in [3.05, 3.63) is 113 Å². The van der Waals surface area contributed by atoms with Crippen molar-refractivity contribution in [1.82, 2.24) is 20.4 Å². The highest BCUT2D eigenvalue weighted by Gasteiger charge is 2.34. The van der Waals surface area contributed by atoms with Gasteiger partial charge < -0.3 is 14.7 Å². The number of allylic oxidation sites excluding steroid dienone is 1. The molecule has 4 aromatic rings. The van der Waals surface area contributed by atoms with E-state index >= 15 is 0 Å². The molecule has 5 rings (SSSR count). The van der Waals surface area contributed by atoms with Crippen molar-refractivity contribution in [2.75, 3.05) is 0 Å². The molecule has 1 unspecified atom stereocenters. The summed E-state index contributed by atoms with van der Waals surface area (Å²) in [7, 11) is 0. The summed E-state index contributed by atoms with van der Waals surface area (Å²) >= 11 is 5.62. The molecular formula is C26H19F3N4OS. The molecule has 0 saturated carbocycles. The Morgan fingerprint density at radius 3 is 2.49 bits per heavy atom. The Morgan fingerprint density at radius 2 is 1.74 bits per heavy atom. The van der Waals surface area contributed by atoms with Gasteiger partial charge in [-0.3, -0.25) is 0 Å². The zero-order chi connectivity index (χ0) is 24.5. The molecule has 9 heteroatoms. The van der Waals surface area contributed by atoms with Gasteiger partial charge in [-0.15, -0.1) is 0 Å². The van der Waals surface area contributed by atoms with Crippen molar-refractivity contribution >= 4 is 22.9 Å². The largest absolute Gasteiger partial charge is 0.351 e. The molecule has 2 heterocycles. The molecule has 0 saturated heterocycles. The average molecular weight is 493 g/mol. The van der Waals surface area contributed by atoms with Gasteiger partial charge in [0.25, 0.3) is 5.89 Å². The summed E-state index contributed by atoms with van der Waals surface area (Å²) in [6, 6.07) is 17.8. The SMILES string of the molecule is CC1=C(c2nc(-c3cccc(F)c3)no2)C(c2ccc(F)cc2)NC(=S)N1Cc1ccccc1F. The normalized spacial score (nSPS) is 15.9.